The number of hydrogen-bond acceptors (Lipinski definition) is 2. The van der Waals surface area contributed by atoms with E-state index in [2.05, 4.69) is 5.32 Å². The molecule has 21 heavy (non-hydrogen) atoms. The summed E-state index contributed by atoms with van der Waals surface area (Å²) < 4.78 is 0. The Kier molecular flexibility index (Phi) is 3.84. The van der Waals surface area contributed by atoms with Crippen LogP contribution in [0.15, 0.2) is 0 Å². The van der Waals surface area contributed by atoms with Gasteiger partial charge in [-0.1, -0.05) is 0 Å². The molecule has 4 aliphatic carbocycles. The molecular weight excluding hydrogens is 266 g/mol. The highest BCUT2D eigenvalue weighted by molar-refractivity contribution is 5.83. The molecule has 0 heterocycles. The molecule has 0 saturated heterocycles. The number of nitrogens with two attached hydrogens (primary N) is 1. The molecule has 4 bridgehead atoms. The lowest BCUT2D eigenvalue weighted by atomic mass is 9.49. The van der Waals surface area contributed by atoms with E-state index in [1.54, 1.807) is 7.05 Å². The third-order valence-electron chi connectivity index (χ3n) is 5.90. The number of urea groups is 1. The lowest BCUT2D eigenvalue weighted by molar-refractivity contribution is -0.121. The lowest BCUT2D eigenvalue weighted by Gasteiger charge is -2.57. The van der Waals surface area contributed by atoms with Crippen molar-refractivity contribution in [2.24, 2.45) is 28.9 Å². The number of carbonyl (C=O) groups excluding carboxylic acids is 2. The molecule has 3 N–H and O–H groups in total. The molecule has 3 amide bonds. The summed E-state index contributed by atoms with van der Waals surface area (Å²) in [5.74, 6) is 2.75. The summed E-state index contributed by atoms with van der Waals surface area (Å²) in [6.45, 7) is 0.786. The Bertz CT molecular complexity index is 400. The number of carbonyl (C=O) groups is 2. The molecule has 4 saturated carbocycles. The zero-order valence-corrected chi connectivity index (χ0v) is 12.9. The van der Waals surface area contributed by atoms with Crippen molar-refractivity contribution >= 4 is 11.9 Å². The fourth-order valence-electron chi connectivity index (χ4n) is 5.41. The minimum Gasteiger partial charge on any atom is -0.355 e. The summed E-state index contributed by atoms with van der Waals surface area (Å²) in [4.78, 5) is 23.9. The molecule has 118 valence electrons. The van der Waals surface area contributed by atoms with Gasteiger partial charge in [-0.25, -0.2) is 4.79 Å². The minimum absolute atomic E-state index is 0.0518. The normalized spacial score (nSPS) is 36.5. The third kappa shape index (κ3) is 3.16. The van der Waals surface area contributed by atoms with E-state index in [4.69, 9.17) is 5.73 Å². The maximum absolute atomic E-state index is 11.8. The van der Waals surface area contributed by atoms with Crippen molar-refractivity contribution in [2.45, 2.75) is 44.9 Å². The van der Waals surface area contributed by atoms with E-state index in [0.717, 1.165) is 30.7 Å². The van der Waals surface area contributed by atoms with Crippen molar-refractivity contribution in [1.82, 2.24) is 10.2 Å². The first-order chi connectivity index (χ1) is 9.96. The number of hydrogen-bond donors (Lipinski definition) is 2. The predicted molar refractivity (Wildman–Crippen MR) is 80.4 cm³/mol. The quantitative estimate of drug-likeness (QED) is 0.810. The van der Waals surface area contributed by atoms with Crippen LogP contribution in [0.3, 0.4) is 0 Å². The monoisotopic (exact) mass is 293 g/mol. The molecule has 0 spiro atoms. The first-order valence-corrected chi connectivity index (χ1v) is 8.23. The maximum Gasteiger partial charge on any atom is 0.314 e. The van der Waals surface area contributed by atoms with Crippen molar-refractivity contribution in [2.75, 3.05) is 20.1 Å². The Morgan fingerprint density at radius 1 is 1.14 bits per heavy atom. The predicted octanol–water partition coefficient (Wildman–Crippen LogP) is 1.72. The van der Waals surface area contributed by atoms with Crippen molar-refractivity contribution in [1.29, 1.82) is 0 Å². The van der Waals surface area contributed by atoms with Crippen LogP contribution in [0.25, 0.3) is 0 Å². The molecule has 0 unspecified atom stereocenters. The molecule has 5 heteroatoms. The molecule has 0 atom stereocenters. The SMILES string of the molecule is CN(CC(=O)NCCC12CC3CC(CC(C3)C1)C2)C(N)=O. The zero-order chi connectivity index (χ0) is 15.0. The number of rotatable bonds is 5. The standard InChI is InChI=1S/C16H27N3O2/c1-19(15(17)21)10-14(20)18-3-2-16-7-11-4-12(8-16)6-13(5-11)9-16/h11-13H,2-10H2,1H3,(H2,17,21)(H,18,20). The van der Waals surface area contributed by atoms with Gasteiger partial charge >= 0.3 is 6.03 Å². The van der Waals surface area contributed by atoms with Crippen LogP contribution in [0.2, 0.25) is 0 Å². The molecule has 0 aromatic heterocycles. The Morgan fingerprint density at radius 3 is 2.14 bits per heavy atom. The van der Waals surface area contributed by atoms with Crippen molar-refractivity contribution in [3.63, 3.8) is 0 Å². The fraction of sp³-hybridized carbons (Fsp3) is 0.875. The molecule has 4 rings (SSSR count). The van der Waals surface area contributed by atoms with E-state index in [-0.39, 0.29) is 12.5 Å². The zero-order valence-electron chi connectivity index (χ0n) is 12.9. The summed E-state index contributed by atoms with van der Waals surface area (Å²) >= 11 is 0. The van der Waals surface area contributed by atoms with E-state index in [1.165, 1.54) is 43.4 Å². The Morgan fingerprint density at radius 2 is 1.67 bits per heavy atom. The fourth-order valence-corrected chi connectivity index (χ4v) is 5.41. The number of amides is 3. The maximum atomic E-state index is 11.8. The Hall–Kier alpha value is -1.26. The van der Waals surface area contributed by atoms with E-state index in [1.807, 2.05) is 0 Å². The molecule has 5 nitrogen and oxygen atoms in total. The van der Waals surface area contributed by atoms with Crippen LogP contribution >= 0.6 is 0 Å². The number of primary amides is 1. The van der Waals surface area contributed by atoms with E-state index in [0.29, 0.717) is 5.41 Å². The number of likely N-dealkylation sites (N-methyl/N-ethyl adjacent to an activating group) is 1. The third-order valence-corrected chi connectivity index (χ3v) is 5.90. The van der Waals surface area contributed by atoms with Gasteiger partial charge < -0.3 is 16.0 Å². The van der Waals surface area contributed by atoms with Crippen molar-refractivity contribution in [3.8, 4) is 0 Å². The molecule has 4 fully saturated rings. The smallest absolute Gasteiger partial charge is 0.314 e. The molecule has 0 aromatic rings. The van der Waals surface area contributed by atoms with E-state index < -0.39 is 6.03 Å². The van der Waals surface area contributed by atoms with Gasteiger partial charge in [0.05, 0.1) is 0 Å². The molecule has 0 radical (unpaired) electrons. The highest BCUT2D eigenvalue weighted by Crippen LogP contribution is 2.61. The van der Waals surface area contributed by atoms with Gasteiger partial charge in [-0.3, -0.25) is 4.79 Å². The lowest BCUT2D eigenvalue weighted by Crippen LogP contribution is -2.47. The first-order valence-electron chi connectivity index (χ1n) is 8.23. The second-order valence-electron chi connectivity index (χ2n) is 7.71. The van der Waals surface area contributed by atoms with Crippen LogP contribution in [0.5, 0.6) is 0 Å². The van der Waals surface area contributed by atoms with Crippen molar-refractivity contribution in [3.05, 3.63) is 0 Å². The first kappa shape index (κ1) is 14.7. The van der Waals surface area contributed by atoms with Gasteiger partial charge in [-0.2, -0.15) is 0 Å². The van der Waals surface area contributed by atoms with Crippen LogP contribution in [-0.4, -0.2) is 37.0 Å². The highest BCUT2D eigenvalue weighted by atomic mass is 16.2. The summed E-state index contributed by atoms with van der Waals surface area (Å²) in [6, 6.07) is -0.564. The molecule has 4 aliphatic rings. The Balaban J connectivity index is 1.45. The summed E-state index contributed by atoms with van der Waals surface area (Å²) in [7, 11) is 1.54. The van der Waals surface area contributed by atoms with Gasteiger partial charge in [-0.05, 0) is 68.1 Å². The number of nitrogens with one attached hydrogen (secondary N) is 1. The molecule has 0 aromatic carbocycles. The molecular formula is C16H27N3O2. The van der Waals surface area contributed by atoms with Crippen LogP contribution in [0, 0.1) is 23.2 Å². The van der Waals surface area contributed by atoms with Gasteiger partial charge in [0.1, 0.15) is 6.54 Å². The average Bonchev–Trinajstić information content (AvgIpc) is 2.36. The summed E-state index contributed by atoms with van der Waals surface area (Å²) in [5.41, 5.74) is 5.62. The topological polar surface area (TPSA) is 75.4 Å². The highest BCUT2D eigenvalue weighted by Gasteiger charge is 2.50. The number of nitrogens with zero attached hydrogens (tertiary/aromatic N) is 1. The van der Waals surface area contributed by atoms with E-state index >= 15 is 0 Å². The van der Waals surface area contributed by atoms with Gasteiger partial charge in [0, 0.05) is 13.6 Å². The van der Waals surface area contributed by atoms with Gasteiger partial charge in [0.2, 0.25) is 5.91 Å². The van der Waals surface area contributed by atoms with Crippen molar-refractivity contribution < 1.29 is 9.59 Å². The van der Waals surface area contributed by atoms with Gasteiger partial charge in [0.15, 0.2) is 0 Å². The minimum atomic E-state index is -0.564. The Labute approximate surface area is 126 Å². The second kappa shape index (κ2) is 5.50. The van der Waals surface area contributed by atoms with Crippen LogP contribution in [-0.2, 0) is 4.79 Å². The second-order valence-corrected chi connectivity index (χ2v) is 7.71. The average molecular weight is 293 g/mol. The summed E-state index contributed by atoms with van der Waals surface area (Å²) in [6.07, 6.45) is 9.57. The van der Waals surface area contributed by atoms with Gasteiger partial charge in [-0.15, -0.1) is 0 Å². The van der Waals surface area contributed by atoms with Gasteiger partial charge in [0.25, 0.3) is 0 Å². The molecule has 0 aliphatic heterocycles. The van der Waals surface area contributed by atoms with Crippen LogP contribution in [0.4, 0.5) is 4.79 Å². The summed E-state index contributed by atoms with van der Waals surface area (Å²) in [5, 5.41) is 2.96. The largest absolute Gasteiger partial charge is 0.355 e. The van der Waals surface area contributed by atoms with Crippen LogP contribution in [0.1, 0.15) is 44.9 Å². The van der Waals surface area contributed by atoms with Crippen LogP contribution < -0.4 is 11.1 Å². The van der Waals surface area contributed by atoms with E-state index in [9.17, 15) is 9.59 Å².